The Morgan fingerprint density at radius 3 is 2.54 bits per heavy atom. The van der Waals surface area contributed by atoms with Gasteiger partial charge in [0.15, 0.2) is 5.79 Å². The summed E-state index contributed by atoms with van der Waals surface area (Å²) in [6.07, 6.45) is -1.76. The van der Waals surface area contributed by atoms with E-state index in [1.165, 1.54) is 5.01 Å². The van der Waals surface area contributed by atoms with Gasteiger partial charge in [0.1, 0.15) is 18.2 Å². The first-order valence-corrected chi connectivity index (χ1v) is 8.99. The number of carbonyl (C=O) groups is 1. The first kappa shape index (κ1) is 17.7. The number of nitrogens with one attached hydrogen (secondary N) is 2. The molecule has 1 aromatic carbocycles. The van der Waals surface area contributed by atoms with E-state index in [0.717, 1.165) is 0 Å². The monoisotopic (exact) mass is 363 g/mol. The molecule has 0 saturated carbocycles. The van der Waals surface area contributed by atoms with Gasteiger partial charge in [-0.3, -0.25) is 5.01 Å². The number of hydrazine groups is 1. The Hall–Kier alpha value is -1.71. The molecule has 3 aliphatic heterocycles. The molecule has 142 valence electrons. The van der Waals surface area contributed by atoms with Crippen LogP contribution < -0.4 is 10.7 Å². The maximum atomic E-state index is 12.9. The highest BCUT2D eigenvalue weighted by molar-refractivity contribution is 5.89. The van der Waals surface area contributed by atoms with Crippen molar-refractivity contribution in [2.75, 3.05) is 5.32 Å². The van der Waals surface area contributed by atoms with Crippen LogP contribution in [0.25, 0.3) is 0 Å². The molecule has 1 aromatic rings. The van der Waals surface area contributed by atoms with Crippen molar-refractivity contribution < 1.29 is 24.5 Å². The van der Waals surface area contributed by atoms with Gasteiger partial charge in [-0.25, -0.2) is 10.2 Å². The van der Waals surface area contributed by atoms with Gasteiger partial charge >= 0.3 is 6.03 Å². The van der Waals surface area contributed by atoms with Gasteiger partial charge in [0.05, 0.1) is 18.2 Å². The van der Waals surface area contributed by atoms with Crippen LogP contribution in [0.5, 0.6) is 0 Å². The van der Waals surface area contributed by atoms with Crippen LogP contribution in [0.2, 0.25) is 0 Å². The van der Waals surface area contributed by atoms with Crippen molar-refractivity contribution in [3.8, 4) is 0 Å². The number of para-hydroxylation sites is 1. The van der Waals surface area contributed by atoms with E-state index in [-0.39, 0.29) is 0 Å². The molecular weight excluding hydrogens is 338 g/mol. The number of fused-ring (bicyclic) bond motifs is 6. The van der Waals surface area contributed by atoms with Crippen LogP contribution in [0, 0.1) is 0 Å². The highest BCUT2D eigenvalue weighted by atomic mass is 16.8. The van der Waals surface area contributed by atoms with Crippen molar-refractivity contribution in [2.24, 2.45) is 0 Å². The highest BCUT2D eigenvalue weighted by Crippen LogP contribution is 2.40. The minimum atomic E-state index is -0.844. The fourth-order valence-electron chi connectivity index (χ4n) is 4.11. The molecule has 2 bridgehead atoms. The van der Waals surface area contributed by atoms with E-state index in [2.05, 4.69) is 10.7 Å². The molecule has 3 fully saturated rings. The minimum Gasteiger partial charge on any atom is -0.391 e. The number of carbonyl (C=O) groups excluding carboxylic acids is 1. The molecule has 2 amide bonds. The number of hydrogen-bond acceptors (Lipinski definition) is 6. The van der Waals surface area contributed by atoms with E-state index in [0.29, 0.717) is 18.5 Å². The number of benzene rings is 1. The first-order valence-electron chi connectivity index (χ1n) is 8.99. The Bertz CT molecular complexity index is 670. The van der Waals surface area contributed by atoms with Gasteiger partial charge in [0.2, 0.25) is 0 Å². The van der Waals surface area contributed by atoms with Gasteiger partial charge in [-0.05, 0) is 38.8 Å². The lowest BCUT2D eigenvalue weighted by molar-refractivity contribution is -0.151. The SMILES string of the molecule is CC1(C)O[C@H]2C3NN(C(=O)Nc4ccccc4)C([C@H](O)CC[C@@H]3O)[C@@H]2O1. The molecule has 2 unspecified atom stereocenters. The van der Waals surface area contributed by atoms with Gasteiger partial charge in [-0.2, -0.15) is 0 Å². The predicted molar refractivity (Wildman–Crippen MR) is 93.1 cm³/mol. The topological polar surface area (TPSA) is 103 Å². The summed E-state index contributed by atoms with van der Waals surface area (Å²) in [7, 11) is 0. The summed E-state index contributed by atoms with van der Waals surface area (Å²) in [5.74, 6) is -0.844. The Morgan fingerprint density at radius 2 is 1.81 bits per heavy atom. The van der Waals surface area contributed by atoms with Gasteiger partial charge < -0.3 is 25.0 Å². The normalized spacial score (nSPS) is 38.4. The third-order valence-corrected chi connectivity index (χ3v) is 5.25. The van der Waals surface area contributed by atoms with Gasteiger partial charge in [-0.15, -0.1) is 0 Å². The summed E-state index contributed by atoms with van der Waals surface area (Å²) in [4.78, 5) is 12.9. The molecule has 6 atom stereocenters. The third-order valence-electron chi connectivity index (χ3n) is 5.25. The number of aliphatic hydroxyl groups is 2. The molecule has 4 N–H and O–H groups in total. The number of hydrogen-bond donors (Lipinski definition) is 4. The largest absolute Gasteiger partial charge is 0.391 e. The molecule has 3 aliphatic rings. The molecule has 3 heterocycles. The lowest BCUT2D eigenvalue weighted by Gasteiger charge is -2.50. The summed E-state index contributed by atoms with van der Waals surface area (Å²) < 4.78 is 12.0. The number of urea groups is 1. The van der Waals surface area contributed by atoms with Crippen molar-refractivity contribution in [3.05, 3.63) is 30.3 Å². The Balaban J connectivity index is 1.64. The minimum absolute atomic E-state index is 0.381. The van der Waals surface area contributed by atoms with E-state index in [1.807, 2.05) is 18.2 Å². The maximum Gasteiger partial charge on any atom is 0.336 e. The zero-order valence-corrected chi connectivity index (χ0v) is 14.8. The summed E-state index contributed by atoms with van der Waals surface area (Å²) in [5.41, 5.74) is 3.72. The van der Waals surface area contributed by atoms with Crippen LogP contribution in [0.3, 0.4) is 0 Å². The molecule has 8 heteroatoms. The lowest BCUT2D eigenvalue weighted by Crippen LogP contribution is -2.74. The van der Waals surface area contributed by atoms with Crippen molar-refractivity contribution in [1.29, 1.82) is 0 Å². The molecule has 0 radical (unpaired) electrons. The molecule has 4 rings (SSSR count). The average molecular weight is 363 g/mol. The van der Waals surface area contributed by atoms with E-state index >= 15 is 0 Å². The second-order valence-corrected chi connectivity index (χ2v) is 7.59. The van der Waals surface area contributed by atoms with E-state index < -0.39 is 48.3 Å². The Labute approximate surface area is 152 Å². The fraction of sp³-hybridized carbons (Fsp3) is 0.611. The van der Waals surface area contributed by atoms with Crippen LogP contribution in [0.1, 0.15) is 26.7 Å². The summed E-state index contributed by atoms with van der Waals surface area (Å²) in [6.45, 7) is 3.59. The van der Waals surface area contributed by atoms with Crippen LogP contribution >= 0.6 is 0 Å². The smallest absolute Gasteiger partial charge is 0.336 e. The highest BCUT2D eigenvalue weighted by Gasteiger charge is 2.59. The molecule has 26 heavy (non-hydrogen) atoms. The fourth-order valence-corrected chi connectivity index (χ4v) is 4.11. The van der Waals surface area contributed by atoms with Crippen molar-refractivity contribution >= 4 is 11.7 Å². The van der Waals surface area contributed by atoms with Gasteiger partial charge in [0.25, 0.3) is 0 Å². The number of ether oxygens (including phenoxy) is 2. The predicted octanol–water partition coefficient (Wildman–Crippen LogP) is 0.812. The number of anilines is 1. The zero-order valence-electron chi connectivity index (χ0n) is 14.8. The third kappa shape index (κ3) is 3.08. The zero-order chi connectivity index (χ0) is 18.5. The van der Waals surface area contributed by atoms with Crippen molar-refractivity contribution in [3.63, 3.8) is 0 Å². The van der Waals surface area contributed by atoms with Crippen molar-refractivity contribution in [2.45, 2.75) is 69.0 Å². The Kier molecular flexibility index (Phi) is 4.40. The standard InChI is InChI=1S/C18H25N3O5/c1-18(2)25-15-13-11(22)8-9-12(23)14(16(15)26-18)21(20-13)17(24)19-10-6-4-3-5-7-10/h3-7,11-16,20,22-23H,8-9H2,1-2H3,(H,19,24)/t11-,12+,13?,14?,15-,16-/m0/s1. The number of rotatable bonds is 1. The lowest BCUT2D eigenvalue weighted by atomic mass is 9.83. The molecular formula is C18H25N3O5. The molecule has 3 saturated heterocycles. The van der Waals surface area contributed by atoms with Gasteiger partial charge in [0, 0.05) is 5.69 Å². The van der Waals surface area contributed by atoms with Crippen LogP contribution in [-0.2, 0) is 9.47 Å². The van der Waals surface area contributed by atoms with E-state index in [4.69, 9.17) is 9.47 Å². The maximum absolute atomic E-state index is 12.9. The second-order valence-electron chi connectivity index (χ2n) is 7.59. The van der Waals surface area contributed by atoms with Crippen LogP contribution in [-0.4, -0.2) is 63.5 Å². The van der Waals surface area contributed by atoms with Gasteiger partial charge in [-0.1, -0.05) is 18.2 Å². The molecule has 0 aromatic heterocycles. The van der Waals surface area contributed by atoms with E-state index in [1.54, 1.807) is 26.0 Å². The quantitative estimate of drug-likeness (QED) is 0.589. The summed E-state index contributed by atoms with van der Waals surface area (Å²) >= 11 is 0. The summed E-state index contributed by atoms with van der Waals surface area (Å²) in [6, 6.07) is 7.57. The molecule has 0 aliphatic carbocycles. The first-order chi connectivity index (χ1) is 12.4. The number of amides is 2. The average Bonchev–Trinajstić information content (AvgIpc) is 2.91. The molecule has 8 nitrogen and oxygen atoms in total. The Morgan fingerprint density at radius 1 is 1.15 bits per heavy atom. The summed E-state index contributed by atoms with van der Waals surface area (Å²) in [5, 5.41) is 25.4. The van der Waals surface area contributed by atoms with E-state index in [9.17, 15) is 15.0 Å². The number of aliphatic hydroxyl groups excluding tert-OH is 2. The van der Waals surface area contributed by atoms with Crippen molar-refractivity contribution in [1.82, 2.24) is 10.4 Å². The second kappa shape index (κ2) is 6.47. The van der Waals surface area contributed by atoms with Crippen LogP contribution in [0.4, 0.5) is 10.5 Å². The number of nitrogens with zero attached hydrogens (tertiary/aromatic N) is 1. The molecule has 0 spiro atoms. The van der Waals surface area contributed by atoms with Crippen LogP contribution in [0.15, 0.2) is 30.3 Å².